The molecule has 0 aromatic heterocycles. The molecule has 1 rings (SSSR count). The van der Waals surface area contributed by atoms with Crippen molar-refractivity contribution in [1.29, 1.82) is 0 Å². The van der Waals surface area contributed by atoms with E-state index in [1.165, 1.54) is 50.3 Å². The molecule has 0 spiro atoms. The minimum atomic E-state index is -4.78. The zero-order valence-electron chi connectivity index (χ0n) is 19.9. The minimum Gasteiger partial charge on any atom is -0.493 e. The van der Waals surface area contributed by atoms with E-state index >= 15 is 0 Å². The average molecular weight is 594 g/mol. The summed E-state index contributed by atoms with van der Waals surface area (Å²) in [5.74, 6) is 0.485. The van der Waals surface area contributed by atoms with Gasteiger partial charge < -0.3 is 18.9 Å². The molecule has 1 aromatic carbocycles. The molecule has 1 aromatic rings. The molecule has 0 radical (unpaired) electrons. The van der Waals surface area contributed by atoms with Crippen LogP contribution < -0.4 is 18.9 Å². The van der Waals surface area contributed by atoms with Gasteiger partial charge in [0.1, 0.15) is 12.7 Å². The smallest absolute Gasteiger partial charge is 0.422 e. The van der Waals surface area contributed by atoms with Gasteiger partial charge in [0, 0.05) is 19.5 Å². The van der Waals surface area contributed by atoms with E-state index in [1.807, 2.05) is 0 Å². The summed E-state index contributed by atoms with van der Waals surface area (Å²) in [4.78, 5) is 23.1. The summed E-state index contributed by atoms with van der Waals surface area (Å²) in [6.45, 7) is 4.48. The van der Waals surface area contributed by atoms with Crippen molar-refractivity contribution in [1.82, 2.24) is 9.44 Å². The van der Waals surface area contributed by atoms with Crippen molar-refractivity contribution < 1.29 is 73.2 Å². The van der Waals surface area contributed by atoms with Crippen LogP contribution in [0.15, 0.2) is 24.3 Å². The predicted molar refractivity (Wildman–Crippen MR) is 117 cm³/mol. The first-order valence-corrected chi connectivity index (χ1v) is 12.6. The van der Waals surface area contributed by atoms with E-state index in [0.29, 0.717) is 5.75 Å². The molecule has 0 saturated heterocycles. The van der Waals surface area contributed by atoms with Gasteiger partial charge in [-0.05, 0) is 39.8 Å². The second-order valence-corrected chi connectivity index (χ2v) is 9.64. The van der Waals surface area contributed by atoms with Crippen molar-refractivity contribution >= 4 is 32.8 Å². The maximum Gasteiger partial charge on any atom is 0.422 e. The second kappa shape index (κ2) is 15.0. The number of para-hydroxylation sites is 2. The van der Waals surface area contributed by atoms with Gasteiger partial charge in [-0.25, -0.2) is 13.8 Å². The first-order valence-electron chi connectivity index (χ1n) is 9.78. The van der Waals surface area contributed by atoms with Crippen LogP contribution in [0.25, 0.3) is 0 Å². The van der Waals surface area contributed by atoms with Gasteiger partial charge in [0.15, 0.2) is 11.5 Å². The normalized spacial score (nSPS) is 12.3. The summed E-state index contributed by atoms with van der Waals surface area (Å²) in [5, 5.41) is 0. The number of hydrogen-bond acceptors (Lipinski definition) is 12. The topological polar surface area (TPSA) is 182 Å². The van der Waals surface area contributed by atoms with Gasteiger partial charge in [-0.2, -0.15) is 26.3 Å². The van der Waals surface area contributed by atoms with Crippen molar-refractivity contribution in [2.24, 2.45) is 0 Å². The molecule has 0 aliphatic heterocycles. The second-order valence-electron chi connectivity index (χ2n) is 6.99. The molecule has 0 bridgehead atoms. The van der Waals surface area contributed by atoms with Gasteiger partial charge in [-0.3, -0.25) is 4.18 Å². The molecule has 0 aliphatic rings. The molecule has 35 heavy (non-hydrogen) atoms. The molecule has 196 valence electrons. The Bertz CT molecular complexity index is 1030. The molecule has 14 nitrogen and oxygen atoms in total. The fourth-order valence-corrected chi connectivity index (χ4v) is 3.51. The number of benzene rings is 1. The average Bonchev–Trinajstić information content (AvgIpc) is 2.67. The van der Waals surface area contributed by atoms with E-state index in [1.54, 1.807) is 18.2 Å². The van der Waals surface area contributed by atoms with Crippen LogP contribution in [0.1, 0.15) is 27.7 Å². The van der Waals surface area contributed by atoms with E-state index in [2.05, 4.69) is 13.7 Å². The van der Waals surface area contributed by atoms with Crippen molar-refractivity contribution in [3.05, 3.63) is 24.3 Å². The molecular formula is C18H28N2O12S2Zn. The van der Waals surface area contributed by atoms with Crippen molar-refractivity contribution in [3.8, 4) is 11.5 Å². The van der Waals surface area contributed by atoms with Crippen molar-refractivity contribution in [2.75, 3.05) is 20.3 Å². The number of methoxy groups -OCH3 is 1. The van der Waals surface area contributed by atoms with E-state index in [-0.39, 0.29) is 25.2 Å². The maximum atomic E-state index is 12.2. The van der Waals surface area contributed by atoms with Crippen LogP contribution in [-0.2, 0) is 57.9 Å². The molecule has 0 heterocycles. The van der Waals surface area contributed by atoms with E-state index in [9.17, 15) is 26.4 Å². The van der Waals surface area contributed by atoms with Gasteiger partial charge >= 0.3 is 32.8 Å². The molecule has 0 fully saturated rings. The molecule has 1 atom stereocenters. The summed E-state index contributed by atoms with van der Waals surface area (Å²) < 4.78 is 80.6. The Balaban J connectivity index is 0.0000116. The monoisotopic (exact) mass is 592 g/mol. The Morgan fingerprint density at radius 1 is 0.829 bits per heavy atom. The Morgan fingerprint density at radius 3 is 1.80 bits per heavy atom. The fraction of sp³-hybridized carbons (Fsp3) is 0.556. The number of carbonyl (C=O) groups excluding carboxylic acids is 2. The number of carbonyl (C=O) groups is 2. The molecule has 0 saturated carbocycles. The zero-order valence-corrected chi connectivity index (χ0v) is 24.5. The Kier molecular flexibility index (Phi) is 14.1. The van der Waals surface area contributed by atoms with Crippen LogP contribution in [0, 0.1) is 0 Å². The quantitative estimate of drug-likeness (QED) is 0.313. The van der Waals surface area contributed by atoms with E-state index in [4.69, 9.17) is 13.7 Å². The largest absolute Gasteiger partial charge is 0.493 e. The number of nitrogens with one attached hydrogen (secondary N) is 2. The van der Waals surface area contributed by atoms with Crippen molar-refractivity contribution in [2.45, 2.75) is 46.0 Å². The summed E-state index contributed by atoms with van der Waals surface area (Å²) in [5.41, 5.74) is 0. The molecule has 1 unspecified atom stereocenters. The van der Waals surface area contributed by atoms with Crippen LogP contribution >= 0.6 is 0 Å². The summed E-state index contributed by atoms with van der Waals surface area (Å²) in [6.07, 6.45) is -5.45. The van der Waals surface area contributed by atoms with Crippen LogP contribution in [0.4, 0.5) is 9.59 Å². The number of hydrogen-bond donors (Lipinski definition) is 2. The standard InChI is InChI=1S/C18H28N2O12S2.Zn/c1-12(2)30-17(21)19-33(23,24)29-11-14(10-28-16-9-7-6-8-15(16)27-5)32-34(25,26)20-18(22)31-13(3)4;/h6-9,12-14H,10-11H2,1-5H3,(H,19,21)(H,20,22);. The Labute approximate surface area is 217 Å². The molecule has 0 aliphatic carbocycles. The van der Waals surface area contributed by atoms with Gasteiger partial charge in [0.05, 0.1) is 25.9 Å². The fourth-order valence-electron chi connectivity index (χ4n) is 2.10. The predicted octanol–water partition coefficient (Wildman–Crippen LogP) is 1.23. The summed E-state index contributed by atoms with van der Waals surface area (Å²) >= 11 is 0. The number of amides is 2. The van der Waals surface area contributed by atoms with Crippen LogP contribution in [0.2, 0.25) is 0 Å². The minimum absolute atomic E-state index is 0. The van der Waals surface area contributed by atoms with Crippen LogP contribution in [0.5, 0.6) is 11.5 Å². The van der Waals surface area contributed by atoms with E-state index < -0.39 is 64.3 Å². The van der Waals surface area contributed by atoms with Crippen LogP contribution in [0.3, 0.4) is 0 Å². The molecule has 2 amide bonds. The molecular weight excluding hydrogens is 566 g/mol. The molecule has 2 N–H and O–H groups in total. The number of rotatable bonds is 13. The van der Waals surface area contributed by atoms with Crippen molar-refractivity contribution in [3.63, 3.8) is 0 Å². The van der Waals surface area contributed by atoms with Gasteiger partial charge in [-0.15, -0.1) is 0 Å². The zero-order chi connectivity index (χ0) is 25.9. The third-order valence-corrected chi connectivity index (χ3v) is 5.07. The summed E-state index contributed by atoms with van der Waals surface area (Å²) in [6, 6.07) is 6.34. The third-order valence-electron chi connectivity index (χ3n) is 3.27. The first kappa shape index (κ1) is 32.8. The Morgan fingerprint density at radius 2 is 1.31 bits per heavy atom. The SMILES string of the molecule is COc1ccccc1OCC(COS(=O)(=O)NC(=O)OC(C)C)OS(=O)(=O)NC(=O)OC(C)C.[Zn]. The number of ether oxygens (including phenoxy) is 4. The Hall–Kier alpha value is -2.20. The van der Waals surface area contributed by atoms with Gasteiger partial charge in [0.2, 0.25) is 0 Å². The summed E-state index contributed by atoms with van der Waals surface area (Å²) in [7, 11) is -8.10. The third kappa shape index (κ3) is 14.1. The first-order chi connectivity index (χ1) is 15.7. The van der Waals surface area contributed by atoms with Gasteiger partial charge in [-0.1, -0.05) is 12.1 Å². The maximum absolute atomic E-state index is 12.2. The molecule has 17 heteroatoms. The van der Waals surface area contributed by atoms with Crippen LogP contribution in [-0.4, -0.2) is 67.7 Å². The van der Waals surface area contributed by atoms with Gasteiger partial charge in [0.25, 0.3) is 0 Å². The van der Waals surface area contributed by atoms with E-state index in [0.717, 1.165) is 0 Å².